The van der Waals surface area contributed by atoms with Crippen LogP contribution in [0.25, 0.3) is 10.9 Å². The van der Waals surface area contributed by atoms with E-state index in [4.69, 9.17) is 5.11 Å². The number of hydrogen-bond acceptors (Lipinski definition) is 4. The van der Waals surface area contributed by atoms with Crippen LogP contribution in [0.2, 0.25) is 0 Å². The van der Waals surface area contributed by atoms with Gasteiger partial charge in [-0.05, 0) is 46.3 Å². The molecule has 0 atom stereocenters. The molecule has 104 valence electrons. The van der Waals surface area contributed by atoms with E-state index in [2.05, 4.69) is 31.2 Å². The van der Waals surface area contributed by atoms with Gasteiger partial charge in [-0.25, -0.2) is 14.8 Å². The molecule has 1 aromatic heterocycles. The van der Waals surface area contributed by atoms with Gasteiger partial charge in [-0.2, -0.15) is 0 Å². The second-order valence-corrected chi connectivity index (χ2v) is 5.22. The van der Waals surface area contributed by atoms with Crippen molar-refractivity contribution in [2.45, 2.75) is 0 Å². The fourth-order valence-corrected chi connectivity index (χ4v) is 2.49. The molecule has 0 saturated heterocycles. The van der Waals surface area contributed by atoms with E-state index in [1.165, 1.54) is 6.33 Å². The Morgan fingerprint density at radius 1 is 1.14 bits per heavy atom. The SMILES string of the molecule is O=C(O)c1cccc(Nc2ncnc3c(Br)cccc23)c1. The molecule has 3 aromatic rings. The highest BCUT2D eigenvalue weighted by molar-refractivity contribution is 9.10. The Balaban J connectivity index is 2.04. The number of carboxylic acid groups (broad SMARTS) is 1. The number of nitrogens with zero attached hydrogens (tertiary/aromatic N) is 2. The molecule has 3 rings (SSSR count). The topological polar surface area (TPSA) is 75.1 Å². The number of nitrogens with one attached hydrogen (secondary N) is 1. The average Bonchev–Trinajstić information content (AvgIpc) is 2.49. The molecule has 0 fully saturated rings. The minimum Gasteiger partial charge on any atom is -0.478 e. The first-order chi connectivity index (χ1) is 10.1. The van der Waals surface area contributed by atoms with Crippen LogP contribution in [0.3, 0.4) is 0 Å². The van der Waals surface area contributed by atoms with E-state index in [1.807, 2.05) is 18.2 Å². The highest BCUT2D eigenvalue weighted by Crippen LogP contribution is 2.27. The maximum absolute atomic E-state index is 11.0. The van der Waals surface area contributed by atoms with Crippen LogP contribution < -0.4 is 5.32 Å². The summed E-state index contributed by atoms with van der Waals surface area (Å²) in [6.07, 6.45) is 1.47. The summed E-state index contributed by atoms with van der Waals surface area (Å²) in [5.74, 6) is -0.335. The molecule has 5 nitrogen and oxygen atoms in total. The zero-order chi connectivity index (χ0) is 14.8. The molecule has 0 saturated carbocycles. The highest BCUT2D eigenvalue weighted by atomic mass is 79.9. The fraction of sp³-hybridized carbons (Fsp3) is 0. The second kappa shape index (κ2) is 5.49. The molecule has 1 heterocycles. The molecular formula is C15H10BrN3O2. The van der Waals surface area contributed by atoms with Crippen LogP contribution in [0.4, 0.5) is 11.5 Å². The number of aromatic nitrogens is 2. The number of anilines is 2. The van der Waals surface area contributed by atoms with Crippen molar-refractivity contribution < 1.29 is 9.90 Å². The summed E-state index contributed by atoms with van der Waals surface area (Å²) in [6, 6.07) is 12.3. The van der Waals surface area contributed by atoms with Crippen LogP contribution in [-0.4, -0.2) is 21.0 Å². The molecule has 0 radical (unpaired) electrons. The summed E-state index contributed by atoms with van der Waals surface area (Å²) in [5.41, 5.74) is 1.68. The monoisotopic (exact) mass is 343 g/mol. The van der Waals surface area contributed by atoms with E-state index in [-0.39, 0.29) is 5.56 Å². The lowest BCUT2D eigenvalue weighted by Crippen LogP contribution is -1.99. The van der Waals surface area contributed by atoms with Crippen molar-refractivity contribution in [3.05, 3.63) is 58.8 Å². The van der Waals surface area contributed by atoms with E-state index < -0.39 is 5.97 Å². The lowest BCUT2D eigenvalue weighted by atomic mass is 10.2. The first-order valence-electron chi connectivity index (χ1n) is 6.15. The Morgan fingerprint density at radius 2 is 1.95 bits per heavy atom. The molecule has 0 spiro atoms. The van der Waals surface area contributed by atoms with Gasteiger partial charge in [-0.15, -0.1) is 0 Å². The maximum Gasteiger partial charge on any atom is 0.335 e. The number of fused-ring (bicyclic) bond motifs is 1. The number of halogens is 1. The Kier molecular flexibility index (Phi) is 3.53. The summed E-state index contributed by atoms with van der Waals surface area (Å²) in [7, 11) is 0. The van der Waals surface area contributed by atoms with E-state index in [1.54, 1.807) is 24.3 Å². The van der Waals surface area contributed by atoms with Gasteiger partial charge >= 0.3 is 5.97 Å². The molecule has 2 aromatic carbocycles. The first kappa shape index (κ1) is 13.5. The van der Waals surface area contributed by atoms with Gasteiger partial charge in [-0.1, -0.05) is 12.1 Å². The van der Waals surface area contributed by atoms with Gasteiger partial charge < -0.3 is 10.4 Å². The van der Waals surface area contributed by atoms with Crippen molar-refractivity contribution >= 4 is 44.3 Å². The smallest absolute Gasteiger partial charge is 0.335 e. The van der Waals surface area contributed by atoms with Crippen molar-refractivity contribution in [3.8, 4) is 0 Å². The number of hydrogen-bond donors (Lipinski definition) is 2. The predicted molar refractivity (Wildman–Crippen MR) is 83.9 cm³/mol. The quantitative estimate of drug-likeness (QED) is 0.755. The first-order valence-corrected chi connectivity index (χ1v) is 6.94. The molecule has 2 N–H and O–H groups in total. The van der Waals surface area contributed by atoms with Crippen LogP contribution in [-0.2, 0) is 0 Å². The van der Waals surface area contributed by atoms with Crippen LogP contribution in [0.5, 0.6) is 0 Å². The van der Waals surface area contributed by atoms with Crippen molar-refractivity contribution in [1.82, 2.24) is 9.97 Å². The van der Waals surface area contributed by atoms with E-state index in [0.29, 0.717) is 11.5 Å². The number of rotatable bonds is 3. The third-order valence-corrected chi connectivity index (χ3v) is 3.63. The summed E-state index contributed by atoms with van der Waals surface area (Å²) < 4.78 is 0.879. The van der Waals surface area contributed by atoms with Crippen LogP contribution in [0, 0.1) is 0 Å². The fourth-order valence-electron chi connectivity index (χ4n) is 2.02. The average molecular weight is 344 g/mol. The van der Waals surface area contributed by atoms with Crippen LogP contribution in [0.15, 0.2) is 53.3 Å². The van der Waals surface area contributed by atoms with Gasteiger partial charge in [0.05, 0.1) is 11.1 Å². The molecule has 0 aliphatic rings. The van der Waals surface area contributed by atoms with Gasteiger partial charge in [0.1, 0.15) is 12.1 Å². The molecule has 0 unspecified atom stereocenters. The third-order valence-electron chi connectivity index (χ3n) is 2.99. The Morgan fingerprint density at radius 3 is 2.76 bits per heavy atom. The van der Waals surface area contributed by atoms with Crippen LogP contribution >= 0.6 is 15.9 Å². The normalized spacial score (nSPS) is 10.5. The van der Waals surface area contributed by atoms with Gasteiger partial charge in [0.15, 0.2) is 0 Å². The predicted octanol–water partition coefficient (Wildman–Crippen LogP) is 3.83. The highest BCUT2D eigenvalue weighted by Gasteiger charge is 2.08. The summed E-state index contributed by atoms with van der Waals surface area (Å²) >= 11 is 3.45. The largest absolute Gasteiger partial charge is 0.478 e. The van der Waals surface area contributed by atoms with E-state index in [9.17, 15) is 4.79 Å². The number of carboxylic acids is 1. The Labute approximate surface area is 128 Å². The molecule has 0 aliphatic heterocycles. The molecule has 21 heavy (non-hydrogen) atoms. The van der Waals surface area contributed by atoms with Crippen LogP contribution in [0.1, 0.15) is 10.4 Å². The minimum absolute atomic E-state index is 0.222. The second-order valence-electron chi connectivity index (χ2n) is 4.37. The van der Waals surface area contributed by atoms with Gasteiger partial charge in [0.2, 0.25) is 0 Å². The molecule has 6 heteroatoms. The number of aromatic carboxylic acids is 1. The number of carbonyl (C=O) groups is 1. The van der Waals surface area contributed by atoms with Crippen molar-refractivity contribution in [1.29, 1.82) is 0 Å². The summed E-state index contributed by atoms with van der Waals surface area (Å²) in [4.78, 5) is 19.5. The minimum atomic E-state index is -0.964. The summed E-state index contributed by atoms with van der Waals surface area (Å²) in [6.45, 7) is 0. The molecule has 0 amide bonds. The molecular weight excluding hydrogens is 334 g/mol. The van der Waals surface area contributed by atoms with Gasteiger partial charge in [-0.3, -0.25) is 0 Å². The van der Waals surface area contributed by atoms with Gasteiger partial charge in [0.25, 0.3) is 0 Å². The standard InChI is InChI=1S/C15H10BrN3O2/c16-12-6-2-5-11-13(12)17-8-18-14(11)19-10-4-1-3-9(7-10)15(20)21/h1-8H,(H,20,21)(H,17,18,19). The Hall–Kier alpha value is -2.47. The molecule has 0 aliphatic carbocycles. The Bertz CT molecular complexity index is 836. The lowest BCUT2D eigenvalue weighted by molar-refractivity contribution is 0.0697. The maximum atomic E-state index is 11.0. The van der Waals surface area contributed by atoms with Crippen molar-refractivity contribution in [2.75, 3.05) is 5.32 Å². The number of benzene rings is 2. The zero-order valence-corrected chi connectivity index (χ0v) is 12.3. The van der Waals surface area contributed by atoms with Gasteiger partial charge in [0, 0.05) is 15.5 Å². The number of para-hydroxylation sites is 1. The third kappa shape index (κ3) is 2.71. The summed E-state index contributed by atoms with van der Waals surface area (Å²) in [5, 5.41) is 13.0. The lowest BCUT2D eigenvalue weighted by Gasteiger charge is -2.09. The van der Waals surface area contributed by atoms with E-state index in [0.717, 1.165) is 15.4 Å². The van der Waals surface area contributed by atoms with E-state index >= 15 is 0 Å². The van der Waals surface area contributed by atoms with Crippen molar-refractivity contribution in [3.63, 3.8) is 0 Å². The zero-order valence-electron chi connectivity index (χ0n) is 10.7. The molecule has 0 bridgehead atoms. The van der Waals surface area contributed by atoms with Crippen molar-refractivity contribution in [2.24, 2.45) is 0 Å².